The number of hydrogen-bond donors (Lipinski definition) is 1. The van der Waals surface area contributed by atoms with Gasteiger partial charge in [-0.3, -0.25) is 0 Å². The summed E-state index contributed by atoms with van der Waals surface area (Å²) in [6.07, 6.45) is 5.24. The Morgan fingerprint density at radius 1 is 1.33 bits per heavy atom. The van der Waals surface area contributed by atoms with Gasteiger partial charge in [0, 0.05) is 31.9 Å². The summed E-state index contributed by atoms with van der Waals surface area (Å²) < 4.78 is 0. The van der Waals surface area contributed by atoms with Crippen LogP contribution in [0.5, 0.6) is 0 Å². The molecular weight excluding hydrogens is 220 g/mol. The molecule has 1 saturated carbocycles. The smallest absolute Gasteiger partial charge is 0.0393 e. The van der Waals surface area contributed by atoms with Crippen LogP contribution < -0.4 is 10.2 Å². The molecule has 0 amide bonds. The first-order valence-electron chi connectivity index (χ1n) is 7.24. The van der Waals surface area contributed by atoms with Crippen LogP contribution >= 0.6 is 0 Å². The van der Waals surface area contributed by atoms with Crippen molar-refractivity contribution in [2.75, 3.05) is 18.5 Å². The zero-order valence-corrected chi connectivity index (χ0v) is 12.0. The summed E-state index contributed by atoms with van der Waals surface area (Å²) in [5, 5.41) is 3.57. The Labute approximate surface area is 111 Å². The number of unbranched alkanes of at least 4 members (excludes halogenated alkanes) is 1. The fraction of sp³-hybridized carbons (Fsp3) is 0.625. The van der Waals surface area contributed by atoms with Crippen LogP contribution in [0.4, 0.5) is 5.69 Å². The molecule has 18 heavy (non-hydrogen) atoms. The number of nitrogens with zero attached hydrogens (tertiary/aromatic N) is 1. The van der Waals surface area contributed by atoms with Crippen LogP contribution in [0.1, 0.15) is 43.7 Å². The maximum Gasteiger partial charge on any atom is 0.0393 e. The molecule has 0 atom stereocenters. The normalized spacial score (nSPS) is 14.8. The van der Waals surface area contributed by atoms with Gasteiger partial charge >= 0.3 is 0 Å². The van der Waals surface area contributed by atoms with E-state index in [9.17, 15) is 0 Å². The van der Waals surface area contributed by atoms with Crippen LogP contribution in [0.15, 0.2) is 18.2 Å². The largest absolute Gasteiger partial charge is 0.374 e. The molecule has 2 nitrogen and oxygen atoms in total. The number of aryl methyl sites for hydroxylation is 1. The van der Waals surface area contributed by atoms with E-state index in [4.69, 9.17) is 0 Å². The first-order chi connectivity index (χ1) is 8.70. The molecule has 100 valence electrons. The molecule has 0 spiro atoms. The highest BCUT2D eigenvalue weighted by Crippen LogP contribution is 2.22. The standard InChI is InChI=1S/C16H26N2/c1-4-5-10-18(3)16-9-6-14(11-13(16)2)12-17-15-7-8-15/h6,9,11,15,17H,4-5,7-8,10,12H2,1-3H3. The quantitative estimate of drug-likeness (QED) is 0.792. The third-order valence-corrected chi connectivity index (χ3v) is 3.69. The highest BCUT2D eigenvalue weighted by molar-refractivity contribution is 5.53. The summed E-state index contributed by atoms with van der Waals surface area (Å²) in [6, 6.07) is 7.65. The molecule has 0 heterocycles. The molecule has 1 aromatic carbocycles. The van der Waals surface area contributed by atoms with E-state index in [-0.39, 0.29) is 0 Å². The van der Waals surface area contributed by atoms with Crippen LogP contribution in [0.25, 0.3) is 0 Å². The van der Waals surface area contributed by atoms with Crippen molar-refractivity contribution in [1.82, 2.24) is 5.32 Å². The number of anilines is 1. The molecule has 1 aliphatic carbocycles. The Morgan fingerprint density at radius 3 is 2.72 bits per heavy atom. The van der Waals surface area contributed by atoms with Gasteiger partial charge in [0.2, 0.25) is 0 Å². The second kappa shape index (κ2) is 6.24. The predicted octanol–water partition coefficient (Wildman–Crippen LogP) is 3.48. The second-order valence-electron chi connectivity index (χ2n) is 5.55. The van der Waals surface area contributed by atoms with Gasteiger partial charge in [-0.2, -0.15) is 0 Å². The van der Waals surface area contributed by atoms with Gasteiger partial charge in [0.25, 0.3) is 0 Å². The molecule has 2 heteroatoms. The molecule has 0 unspecified atom stereocenters. The average Bonchev–Trinajstić information content (AvgIpc) is 3.17. The van der Waals surface area contributed by atoms with Crippen molar-refractivity contribution in [1.29, 1.82) is 0 Å². The summed E-state index contributed by atoms with van der Waals surface area (Å²) in [7, 11) is 2.19. The van der Waals surface area contributed by atoms with Gasteiger partial charge in [-0.05, 0) is 43.4 Å². The number of benzene rings is 1. The van der Waals surface area contributed by atoms with Crippen molar-refractivity contribution < 1.29 is 0 Å². The van der Waals surface area contributed by atoms with E-state index >= 15 is 0 Å². The Bertz CT molecular complexity index is 383. The third-order valence-electron chi connectivity index (χ3n) is 3.69. The van der Waals surface area contributed by atoms with Gasteiger partial charge in [-0.1, -0.05) is 25.5 Å². The minimum atomic E-state index is 0.789. The molecular formula is C16H26N2. The van der Waals surface area contributed by atoms with E-state index in [0.717, 1.165) is 19.1 Å². The second-order valence-corrected chi connectivity index (χ2v) is 5.55. The van der Waals surface area contributed by atoms with Gasteiger partial charge in [0.05, 0.1) is 0 Å². The van der Waals surface area contributed by atoms with Gasteiger partial charge in [0.15, 0.2) is 0 Å². The Morgan fingerprint density at radius 2 is 2.11 bits per heavy atom. The van der Waals surface area contributed by atoms with Gasteiger partial charge in [-0.25, -0.2) is 0 Å². The molecule has 0 aliphatic heterocycles. The number of rotatable bonds is 7. The van der Waals surface area contributed by atoms with Crippen molar-refractivity contribution in [3.8, 4) is 0 Å². The molecule has 0 aromatic heterocycles. The van der Waals surface area contributed by atoms with Gasteiger partial charge < -0.3 is 10.2 Å². The summed E-state index contributed by atoms with van der Waals surface area (Å²) >= 11 is 0. The first kappa shape index (κ1) is 13.4. The average molecular weight is 246 g/mol. The van der Waals surface area contributed by atoms with E-state index in [1.807, 2.05) is 0 Å². The molecule has 1 N–H and O–H groups in total. The first-order valence-corrected chi connectivity index (χ1v) is 7.24. The molecule has 0 radical (unpaired) electrons. The topological polar surface area (TPSA) is 15.3 Å². The lowest BCUT2D eigenvalue weighted by molar-refractivity contribution is 0.687. The van der Waals surface area contributed by atoms with Crippen molar-refractivity contribution >= 4 is 5.69 Å². The predicted molar refractivity (Wildman–Crippen MR) is 79.2 cm³/mol. The van der Waals surface area contributed by atoms with E-state index in [2.05, 4.69) is 49.3 Å². The number of nitrogens with one attached hydrogen (secondary N) is 1. The Hall–Kier alpha value is -1.02. The fourth-order valence-corrected chi connectivity index (χ4v) is 2.32. The molecule has 2 rings (SSSR count). The van der Waals surface area contributed by atoms with Crippen LogP contribution in [-0.2, 0) is 6.54 Å². The lowest BCUT2D eigenvalue weighted by Crippen LogP contribution is -2.20. The van der Waals surface area contributed by atoms with Crippen molar-refractivity contribution in [3.05, 3.63) is 29.3 Å². The van der Waals surface area contributed by atoms with Crippen molar-refractivity contribution in [2.45, 2.75) is 52.1 Å². The van der Waals surface area contributed by atoms with Crippen LogP contribution in [0, 0.1) is 6.92 Å². The van der Waals surface area contributed by atoms with Crippen LogP contribution in [0.3, 0.4) is 0 Å². The highest BCUT2D eigenvalue weighted by Gasteiger charge is 2.19. The van der Waals surface area contributed by atoms with E-state index in [0.29, 0.717) is 0 Å². The molecule has 1 aromatic rings. The molecule has 1 aliphatic rings. The Balaban J connectivity index is 1.94. The van der Waals surface area contributed by atoms with Gasteiger partial charge in [0.1, 0.15) is 0 Å². The van der Waals surface area contributed by atoms with Crippen molar-refractivity contribution in [3.63, 3.8) is 0 Å². The summed E-state index contributed by atoms with van der Waals surface area (Å²) in [6.45, 7) is 6.63. The van der Waals surface area contributed by atoms with Crippen LogP contribution in [0.2, 0.25) is 0 Å². The highest BCUT2D eigenvalue weighted by atomic mass is 15.1. The maximum atomic E-state index is 3.57. The molecule has 1 fully saturated rings. The maximum absolute atomic E-state index is 3.57. The van der Waals surface area contributed by atoms with E-state index in [1.54, 1.807) is 0 Å². The van der Waals surface area contributed by atoms with E-state index in [1.165, 1.54) is 42.5 Å². The summed E-state index contributed by atoms with van der Waals surface area (Å²) in [5.74, 6) is 0. The zero-order chi connectivity index (χ0) is 13.0. The lowest BCUT2D eigenvalue weighted by atomic mass is 10.1. The minimum absolute atomic E-state index is 0.789. The van der Waals surface area contributed by atoms with Crippen molar-refractivity contribution in [2.24, 2.45) is 0 Å². The zero-order valence-electron chi connectivity index (χ0n) is 12.0. The SMILES string of the molecule is CCCCN(C)c1ccc(CNC2CC2)cc1C. The van der Waals surface area contributed by atoms with Gasteiger partial charge in [-0.15, -0.1) is 0 Å². The van der Waals surface area contributed by atoms with E-state index < -0.39 is 0 Å². The fourth-order valence-electron chi connectivity index (χ4n) is 2.32. The lowest BCUT2D eigenvalue weighted by Gasteiger charge is -2.21. The summed E-state index contributed by atoms with van der Waals surface area (Å²) in [5.41, 5.74) is 4.18. The minimum Gasteiger partial charge on any atom is -0.374 e. The summed E-state index contributed by atoms with van der Waals surface area (Å²) in [4.78, 5) is 2.37. The molecule has 0 bridgehead atoms. The third kappa shape index (κ3) is 3.74. The monoisotopic (exact) mass is 246 g/mol. The number of hydrogen-bond acceptors (Lipinski definition) is 2. The van der Waals surface area contributed by atoms with Crippen LogP contribution in [-0.4, -0.2) is 19.6 Å². The molecule has 0 saturated heterocycles. The Kier molecular flexibility index (Phi) is 4.65.